The van der Waals surface area contributed by atoms with Crippen molar-refractivity contribution in [2.24, 2.45) is 5.73 Å². The minimum absolute atomic E-state index is 0.00704. The molecule has 0 aliphatic carbocycles. The highest BCUT2D eigenvalue weighted by Crippen LogP contribution is 1.98. The van der Waals surface area contributed by atoms with E-state index in [0.717, 1.165) is 0 Å². The number of hydrogen-bond acceptors (Lipinski definition) is 2. The van der Waals surface area contributed by atoms with E-state index in [1.165, 1.54) is 13.0 Å². The maximum absolute atomic E-state index is 10.6. The third-order valence-corrected chi connectivity index (χ3v) is 1.18. The lowest BCUT2D eigenvalue weighted by Gasteiger charge is -1.95. The number of hydrogen-bond donors (Lipinski definition) is 1. The van der Waals surface area contributed by atoms with Crippen molar-refractivity contribution in [2.75, 3.05) is 0 Å². The second kappa shape index (κ2) is 3.07. The maximum Gasteiger partial charge on any atom is 0.157 e. The van der Waals surface area contributed by atoms with E-state index in [9.17, 15) is 4.79 Å². The summed E-state index contributed by atoms with van der Waals surface area (Å²) in [5.74, 6) is -0.00704. The van der Waals surface area contributed by atoms with Crippen molar-refractivity contribution in [3.8, 4) is 0 Å². The predicted molar refractivity (Wildman–Crippen MR) is 37.8 cm³/mol. The van der Waals surface area contributed by atoms with E-state index in [0.29, 0.717) is 11.3 Å². The first-order valence-corrected chi connectivity index (χ1v) is 2.69. The molecule has 2 nitrogen and oxygen atoms in total. The quantitative estimate of drug-likeness (QED) is 0.442. The van der Waals surface area contributed by atoms with Crippen LogP contribution in [-0.4, -0.2) is 5.78 Å². The van der Waals surface area contributed by atoms with Gasteiger partial charge in [-0.2, -0.15) is 0 Å². The predicted octanol–water partition coefficient (Wildman–Crippen LogP) is 0.994. The summed E-state index contributed by atoms with van der Waals surface area (Å²) in [5.41, 5.74) is 6.39. The number of nitrogens with two attached hydrogens (primary N) is 1. The van der Waals surface area contributed by atoms with E-state index in [1.807, 2.05) is 0 Å². The van der Waals surface area contributed by atoms with Crippen LogP contribution in [0.2, 0.25) is 0 Å². The van der Waals surface area contributed by atoms with E-state index >= 15 is 0 Å². The molecule has 0 aromatic rings. The molecule has 0 atom stereocenters. The second-order valence-electron chi connectivity index (χ2n) is 1.84. The minimum Gasteiger partial charge on any atom is -0.398 e. The van der Waals surface area contributed by atoms with Crippen molar-refractivity contribution in [2.45, 2.75) is 13.8 Å². The van der Waals surface area contributed by atoms with Gasteiger partial charge in [0, 0.05) is 11.3 Å². The molecule has 0 unspecified atom stereocenters. The largest absolute Gasteiger partial charge is 0.398 e. The van der Waals surface area contributed by atoms with Gasteiger partial charge in [-0.25, -0.2) is 0 Å². The Bertz CT molecular complexity index is 168. The number of Topliss-reactive ketones (excluding diaryl/α,β-unsaturated/α-hetero) is 1. The molecule has 0 aliphatic heterocycles. The molecule has 0 spiro atoms. The van der Waals surface area contributed by atoms with Crippen LogP contribution in [0.4, 0.5) is 0 Å². The second-order valence-corrected chi connectivity index (χ2v) is 1.84. The molecule has 0 aromatic carbocycles. The first kappa shape index (κ1) is 7.95. The molecule has 0 bridgehead atoms. The Morgan fingerprint density at radius 3 is 2.11 bits per heavy atom. The van der Waals surface area contributed by atoms with Gasteiger partial charge in [0.2, 0.25) is 0 Å². The van der Waals surface area contributed by atoms with Crippen LogP contribution >= 0.6 is 0 Å². The fraction of sp³-hybridized carbons (Fsp3) is 0.286. The van der Waals surface area contributed by atoms with Crippen LogP contribution in [0.25, 0.3) is 0 Å². The summed E-state index contributed by atoms with van der Waals surface area (Å²) in [6.07, 6.45) is 1.47. The van der Waals surface area contributed by atoms with Gasteiger partial charge in [-0.15, -0.1) is 0 Å². The molecule has 0 saturated carbocycles. The van der Waals surface area contributed by atoms with E-state index in [4.69, 9.17) is 5.73 Å². The molecule has 0 saturated heterocycles. The van der Waals surface area contributed by atoms with Crippen LogP contribution in [0.1, 0.15) is 13.8 Å². The SMILES string of the molecule is C=C/C(N)=C(/C)C(C)=O. The highest BCUT2D eigenvalue weighted by atomic mass is 16.1. The van der Waals surface area contributed by atoms with Gasteiger partial charge in [-0.1, -0.05) is 6.58 Å². The summed E-state index contributed by atoms with van der Waals surface area (Å²) in [6.45, 7) is 6.59. The highest BCUT2D eigenvalue weighted by Gasteiger charge is 1.97. The summed E-state index contributed by atoms with van der Waals surface area (Å²) in [5, 5.41) is 0. The molecule has 0 amide bonds. The van der Waals surface area contributed by atoms with Crippen LogP contribution in [-0.2, 0) is 4.79 Å². The Morgan fingerprint density at radius 2 is 2.00 bits per heavy atom. The molecule has 0 aliphatic rings. The average molecular weight is 125 g/mol. The number of rotatable bonds is 2. The number of carbonyl (C=O) groups is 1. The molecule has 0 radical (unpaired) electrons. The third kappa shape index (κ3) is 2.13. The fourth-order valence-corrected chi connectivity index (χ4v) is 0.356. The zero-order valence-corrected chi connectivity index (χ0v) is 5.77. The van der Waals surface area contributed by atoms with E-state index < -0.39 is 0 Å². The lowest BCUT2D eigenvalue weighted by Crippen LogP contribution is -2.02. The van der Waals surface area contributed by atoms with Crippen LogP contribution < -0.4 is 5.73 Å². The van der Waals surface area contributed by atoms with Crippen LogP contribution in [0, 0.1) is 0 Å². The molecule has 0 fully saturated rings. The molecule has 2 N–H and O–H groups in total. The lowest BCUT2D eigenvalue weighted by molar-refractivity contribution is -0.113. The molecule has 0 rings (SSSR count). The van der Waals surface area contributed by atoms with Crippen molar-refractivity contribution in [1.82, 2.24) is 0 Å². The Morgan fingerprint density at radius 1 is 1.56 bits per heavy atom. The summed E-state index contributed by atoms with van der Waals surface area (Å²) in [4.78, 5) is 10.6. The fourth-order valence-electron chi connectivity index (χ4n) is 0.356. The zero-order valence-electron chi connectivity index (χ0n) is 5.77. The Balaban J connectivity index is 4.47. The molecular weight excluding hydrogens is 114 g/mol. The van der Waals surface area contributed by atoms with E-state index in [-0.39, 0.29) is 5.78 Å². The van der Waals surface area contributed by atoms with Crippen molar-refractivity contribution < 1.29 is 4.79 Å². The van der Waals surface area contributed by atoms with Gasteiger partial charge >= 0.3 is 0 Å². The molecule has 0 heterocycles. The minimum atomic E-state index is -0.00704. The maximum atomic E-state index is 10.6. The molecular formula is C7H11NO. The standard InChI is InChI=1S/C7H11NO/c1-4-7(8)5(2)6(3)9/h4H,1,8H2,2-3H3/b7-5+. The van der Waals surface area contributed by atoms with E-state index in [2.05, 4.69) is 6.58 Å². The summed E-state index contributed by atoms with van der Waals surface area (Å²) < 4.78 is 0. The molecule has 9 heavy (non-hydrogen) atoms. The first-order chi connectivity index (χ1) is 4.09. The monoisotopic (exact) mass is 125 g/mol. The summed E-state index contributed by atoms with van der Waals surface area (Å²) in [7, 11) is 0. The van der Waals surface area contributed by atoms with E-state index in [1.54, 1.807) is 6.92 Å². The Kier molecular flexibility index (Phi) is 2.71. The Labute approximate surface area is 55.1 Å². The average Bonchev–Trinajstić information content (AvgIpc) is 1.84. The van der Waals surface area contributed by atoms with Crippen LogP contribution in [0.5, 0.6) is 0 Å². The molecule has 0 aromatic heterocycles. The summed E-state index contributed by atoms with van der Waals surface area (Å²) >= 11 is 0. The van der Waals surface area contributed by atoms with Gasteiger partial charge in [0.15, 0.2) is 5.78 Å². The summed E-state index contributed by atoms with van der Waals surface area (Å²) in [6, 6.07) is 0. The van der Waals surface area contributed by atoms with Crippen molar-refractivity contribution >= 4 is 5.78 Å². The Hall–Kier alpha value is -1.05. The molecule has 50 valence electrons. The smallest absolute Gasteiger partial charge is 0.157 e. The number of allylic oxidation sites excluding steroid dienone is 2. The van der Waals surface area contributed by atoms with Crippen LogP contribution in [0.3, 0.4) is 0 Å². The number of ketones is 1. The van der Waals surface area contributed by atoms with Crippen LogP contribution in [0.15, 0.2) is 23.9 Å². The number of carbonyl (C=O) groups excluding carboxylic acids is 1. The third-order valence-electron chi connectivity index (χ3n) is 1.18. The van der Waals surface area contributed by atoms with Crippen molar-refractivity contribution in [1.29, 1.82) is 0 Å². The topological polar surface area (TPSA) is 43.1 Å². The first-order valence-electron chi connectivity index (χ1n) is 2.69. The van der Waals surface area contributed by atoms with Gasteiger partial charge < -0.3 is 5.73 Å². The van der Waals surface area contributed by atoms with Gasteiger partial charge in [-0.3, -0.25) is 4.79 Å². The van der Waals surface area contributed by atoms with Gasteiger partial charge in [0.1, 0.15) is 0 Å². The van der Waals surface area contributed by atoms with Gasteiger partial charge in [0.05, 0.1) is 0 Å². The molecule has 2 heteroatoms. The highest BCUT2D eigenvalue weighted by molar-refractivity contribution is 5.93. The normalized spacial score (nSPS) is 12.2. The van der Waals surface area contributed by atoms with Crippen molar-refractivity contribution in [3.63, 3.8) is 0 Å². The lowest BCUT2D eigenvalue weighted by atomic mass is 10.2. The van der Waals surface area contributed by atoms with Crippen molar-refractivity contribution in [3.05, 3.63) is 23.9 Å². The zero-order chi connectivity index (χ0) is 7.44. The van der Waals surface area contributed by atoms with Gasteiger partial charge in [0.25, 0.3) is 0 Å². The van der Waals surface area contributed by atoms with Gasteiger partial charge in [-0.05, 0) is 19.9 Å².